The molecule has 1 aromatic carbocycles. The molecule has 0 aliphatic carbocycles. The summed E-state index contributed by atoms with van der Waals surface area (Å²) in [4.78, 5) is 11.4. The van der Waals surface area contributed by atoms with E-state index in [1.54, 1.807) is 18.2 Å². The third-order valence-electron chi connectivity index (χ3n) is 1.99. The molecule has 0 heterocycles. The standard InChI is InChI=1S/C12H16BrNO3/c1-8(2)14-12(16)7-17-11-4-3-9(6-15)5-10(11)13/h3-5,8,15H,6-7H2,1-2H3,(H,14,16). The maximum absolute atomic E-state index is 11.4. The van der Waals surface area contributed by atoms with Gasteiger partial charge in [-0.15, -0.1) is 0 Å². The first-order valence-electron chi connectivity index (χ1n) is 5.34. The average molecular weight is 302 g/mol. The molecule has 0 bridgehead atoms. The Kier molecular flexibility index (Phi) is 5.44. The minimum absolute atomic E-state index is 0.0186. The van der Waals surface area contributed by atoms with Gasteiger partial charge in [0, 0.05) is 6.04 Å². The SMILES string of the molecule is CC(C)NC(=O)COc1ccc(CO)cc1Br. The Bertz CT molecular complexity index is 393. The Morgan fingerprint density at radius 3 is 2.76 bits per heavy atom. The number of ether oxygens (including phenoxy) is 1. The summed E-state index contributed by atoms with van der Waals surface area (Å²) in [6.45, 7) is 3.75. The number of carbonyl (C=O) groups excluding carboxylic acids is 1. The number of amides is 1. The van der Waals surface area contributed by atoms with E-state index in [2.05, 4.69) is 21.2 Å². The number of hydrogen-bond acceptors (Lipinski definition) is 3. The van der Waals surface area contributed by atoms with Gasteiger partial charge in [0.15, 0.2) is 6.61 Å². The Morgan fingerprint density at radius 1 is 1.53 bits per heavy atom. The number of rotatable bonds is 5. The fraction of sp³-hybridized carbons (Fsp3) is 0.417. The highest BCUT2D eigenvalue weighted by molar-refractivity contribution is 9.10. The van der Waals surface area contributed by atoms with E-state index in [-0.39, 0.29) is 25.2 Å². The van der Waals surface area contributed by atoms with Crippen LogP contribution < -0.4 is 10.1 Å². The lowest BCUT2D eigenvalue weighted by molar-refractivity contribution is -0.123. The largest absolute Gasteiger partial charge is 0.483 e. The van der Waals surface area contributed by atoms with Crippen LogP contribution in [0, 0.1) is 0 Å². The van der Waals surface area contributed by atoms with Crippen LogP contribution in [0.2, 0.25) is 0 Å². The minimum Gasteiger partial charge on any atom is -0.483 e. The molecule has 0 saturated heterocycles. The number of hydrogen-bond donors (Lipinski definition) is 2. The number of aliphatic hydroxyl groups excluding tert-OH is 1. The zero-order chi connectivity index (χ0) is 12.8. The Labute approximate surface area is 109 Å². The van der Waals surface area contributed by atoms with E-state index in [0.29, 0.717) is 5.75 Å². The summed E-state index contributed by atoms with van der Waals surface area (Å²) >= 11 is 3.32. The molecule has 0 aliphatic rings. The van der Waals surface area contributed by atoms with Gasteiger partial charge < -0.3 is 15.2 Å². The highest BCUT2D eigenvalue weighted by atomic mass is 79.9. The van der Waals surface area contributed by atoms with Crippen molar-refractivity contribution >= 4 is 21.8 Å². The molecule has 2 N–H and O–H groups in total. The summed E-state index contributed by atoms with van der Waals surface area (Å²) in [6, 6.07) is 5.33. The second kappa shape index (κ2) is 6.61. The summed E-state index contributed by atoms with van der Waals surface area (Å²) in [5.74, 6) is 0.430. The van der Waals surface area contributed by atoms with Crippen molar-refractivity contribution in [3.8, 4) is 5.75 Å². The molecule has 0 fully saturated rings. The van der Waals surface area contributed by atoms with E-state index in [1.807, 2.05) is 13.8 Å². The second-order valence-electron chi connectivity index (χ2n) is 3.93. The number of halogens is 1. The molecule has 17 heavy (non-hydrogen) atoms. The van der Waals surface area contributed by atoms with Crippen LogP contribution >= 0.6 is 15.9 Å². The van der Waals surface area contributed by atoms with E-state index >= 15 is 0 Å². The summed E-state index contributed by atoms with van der Waals surface area (Å²) < 4.78 is 6.08. The molecule has 94 valence electrons. The average Bonchev–Trinajstić information content (AvgIpc) is 2.26. The molecular weight excluding hydrogens is 286 g/mol. The Morgan fingerprint density at radius 2 is 2.24 bits per heavy atom. The van der Waals surface area contributed by atoms with Gasteiger partial charge in [0.1, 0.15) is 5.75 Å². The molecule has 1 rings (SSSR count). The zero-order valence-corrected chi connectivity index (χ0v) is 11.5. The smallest absolute Gasteiger partial charge is 0.258 e. The second-order valence-corrected chi connectivity index (χ2v) is 4.79. The maximum Gasteiger partial charge on any atom is 0.258 e. The van der Waals surface area contributed by atoms with Crippen molar-refractivity contribution in [1.82, 2.24) is 5.32 Å². The van der Waals surface area contributed by atoms with E-state index in [9.17, 15) is 4.79 Å². The predicted octanol–water partition coefficient (Wildman–Crippen LogP) is 1.84. The lowest BCUT2D eigenvalue weighted by Crippen LogP contribution is -2.34. The molecule has 4 nitrogen and oxygen atoms in total. The van der Waals surface area contributed by atoms with E-state index < -0.39 is 0 Å². The van der Waals surface area contributed by atoms with Crippen molar-refractivity contribution in [2.75, 3.05) is 6.61 Å². The first-order chi connectivity index (χ1) is 8.02. The third kappa shape index (κ3) is 4.75. The van der Waals surface area contributed by atoms with Crippen molar-refractivity contribution < 1.29 is 14.6 Å². The van der Waals surface area contributed by atoms with Crippen LogP contribution in [0.5, 0.6) is 5.75 Å². The van der Waals surface area contributed by atoms with Crippen LogP contribution in [0.1, 0.15) is 19.4 Å². The van der Waals surface area contributed by atoms with Gasteiger partial charge >= 0.3 is 0 Å². The summed E-state index contributed by atoms with van der Waals surface area (Å²) in [5.41, 5.74) is 0.788. The molecule has 1 amide bonds. The molecule has 1 aromatic rings. The van der Waals surface area contributed by atoms with Crippen LogP contribution in [-0.4, -0.2) is 23.7 Å². The molecular formula is C12H16BrNO3. The minimum atomic E-state index is -0.155. The van der Waals surface area contributed by atoms with Crippen molar-refractivity contribution in [3.05, 3.63) is 28.2 Å². The molecule has 0 unspecified atom stereocenters. The van der Waals surface area contributed by atoms with E-state index in [1.165, 1.54) is 0 Å². The molecule has 0 radical (unpaired) electrons. The third-order valence-corrected chi connectivity index (χ3v) is 2.61. The normalized spacial score (nSPS) is 10.4. The van der Waals surface area contributed by atoms with Gasteiger partial charge in [-0.05, 0) is 47.5 Å². The van der Waals surface area contributed by atoms with E-state index in [0.717, 1.165) is 10.0 Å². The lowest BCUT2D eigenvalue weighted by Gasteiger charge is -2.11. The molecule has 0 aliphatic heterocycles. The maximum atomic E-state index is 11.4. The van der Waals surface area contributed by atoms with Gasteiger partial charge in [0.25, 0.3) is 5.91 Å². The predicted molar refractivity (Wildman–Crippen MR) is 68.8 cm³/mol. The van der Waals surface area contributed by atoms with Gasteiger partial charge in [-0.25, -0.2) is 0 Å². The topological polar surface area (TPSA) is 58.6 Å². The lowest BCUT2D eigenvalue weighted by atomic mass is 10.2. The number of carbonyl (C=O) groups is 1. The van der Waals surface area contributed by atoms with Crippen LogP contribution in [0.25, 0.3) is 0 Å². The Hall–Kier alpha value is -1.07. The molecule has 0 saturated carbocycles. The van der Waals surface area contributed by atoms with Crippen molar-refractivity contribution in [2.24, 2.45) is 0 Å². The molecule has 0 spiro atoms. The fourth-order valence-corrected chi connectivity index (χ4v) is 1.81. The molecule has 0 atom stereocenters. The van der Waals surface area contributed by atoms with Crippen LogP contribution in [0.15, 0.2) is 22.7 Å². The van der Waals surface area contributed by atoms with Crippen LogP contribution in [0.4, 0.5) is 0 Å². The van der Waals surface area contributed by atoms with Gasteiger partial charge in [0.05, 0.1) is 11.1 Å². The summed E-state index contributed by atoms with van der Waals surface area (Å²) in [6.07, 6.45) is 0. The number of nitrogens with one attached hydrogen (secondary N) is 1. The van der Waals surface area contributed by atoms with Gasteiger partial charge in [-0.3, -0.25) is 4.79 Å². The van der Waals surface area contributed by atoms with Crippen LogP contribution in [0.3, 0.4) is 0 Å². The molecule has 0 aromatic heterocycles. The quantitative estimate of drug-likeness (QED) is 0.872. The Balaban J connectivity index is 2.55. The van der Waals surface area contributed by atoms with Crippen LogP contribution in [-0.2, 0) is 11.4 Å². The number of benzene rings is 1. The fourth-order valence-electron chi connectivity index (χ4n) is 1.27. The van der Waals surface area contributed by atoms with Gasteiger partial charge in [0.2, 0.25) is 0 Å². The van der Waals surface area contributed by atoms with Crippen molar-refractivity contribution in [1.29, 1.82) is 0 Å². The first kappa shape index (κ1) is 14.0. The van der Waals surface area contributed by atoms with Gasteiger partial charge in [-0.2, -0.15) is 0 Å². The number of aliphatic hydroxyl groups is 1. The summed E-state index contributed by atoms with van der Waals surface area (Å²) in [5, 5.41) is 11.7. The van der Waals surface area contributed by atoms with Crippen molar-refractivity contribution in [2.45, 2.75) is 26.5 Å². The van der Waals surface area contributed by atoms with E-state index in [4.69, 9.17) is 9.84 Å². The summed E-state index contributed by atoms with van der Waals surface area (Å²) in [7, 11) is 0. The molecule has 5 heteroatoms. The van der Waals surface area contributed by atoms with Crippen molar-refractivity contribution in [3.63, 3.8) is 0 Å². The zero-order valence-electron chi connectivity index (χ0n) is 9.87. The van der Waals surface area contributed by atoms with Gasteiger partial charge in [-0.1, -0.05) is 6.07 Å². The highest BCUT2D eigenvalue weighted by Crippen LogP contribution is 2.25. The highest BCUT2D eigenvalue weighted by Gasteiger charge is 2.07. The first-order valence-corrected chi connectivity index (χ1v) is 6.13. The monoisotopic (exact) mass is 301 g/mol.